The van der Waals surface area contributed by atoms with E-state index in [-0.39, 0.29) is 18.3 Å². The fraction of sp³-hybridized carbons (Fsp3) is 0.400. The van der Waals surface area contributed by atoms with Crippen molar-refractivity contribution in [1.82, 2.24) is 0 Å². The van der Waals surface area contributed by atoms with Crippen molar-refractivity contribution in [1.29, 1.82) is 0 Å². The quantitative estimate of drug-likeness (QED) is 0.735. The van der Waals surface area contributed by atoms with Crippen LogP contribution in [0.2, 0.25) is 0 Å². The number of esters is 1. The topological polar surface area (TPSA) is 64.6 Å². The molecule has 1 fully saturated rings. The minimum Gasteiger partial charge on any atom is -0.496 e. The summed E-state index contributed by atoms with van der Waals surface area (Å²) in [4.78, 5) is 24.9. The Morgan fingerprint density at radius 2 is 2.08 bits per heavy atom. The first kappa shape index (κ1) is 18.5. The molecule has 1 aliphatic rings. The number of hydrogen-bond donors (Lipinski definition) is 1. The van der Waals surface area contributed by atoms with Crippen molar-refractivity contribution < 1.29 is 19.1 Å². The Balaban J connectivity index is 1.76. The molecule has 1 saturated carbocycles. The fourth-order valence-electron chi connectivity index (χ4n) is 2.90. The van der Waals surface area contributed by atoms with Gasteiger partial charge in [-0.1, -0.05) is 12.1 Å². The molecule has 0 radical (unpaired) electrons. The van der Waals surface area contributed by atoms with Gasteiger partial charge in [0.2, 0.25) is 5.91 Å². The lowest BCUT2D eigenvalue weighted by atomic mass is 10.1. The molecule has 1 amide bonds. The van der Waals surface area contributed by atoms with Gasteiger partial charge in [0.05, 0.1) is 25.7 Å². The van der Waals surface area contributed by atoms with E-state index in [0.717, 1.165) is 35.3 Å². The molecule has 1 aromatic carbocycles. The molecular formula is C20H23NO4S. The summed E-state index contributed by atoms with van der Waals surface area (Å²) in [6, 6.07) is 5.71. The summed E-state index contributed by atoms with van der Waals surface area (Å²) in [6.07, 6.45) is 2.38. The molecule has 0 saturated heterocycles. The second kappa shape index (κ2) is 7.91. The molecule has 1 heterocycles. The third kappa shape index (κ3) is 4.07. The van der Waals surface area contributed by atoms with Crippen LogP contribution in [-0.4, -0.2) is 25.6 Å². The van der Waals surface area contributed by atoms with Crippen molar-refractivity contribution >= 4 is 28.2 Å². The third-order valence-electron chi connectivity index (χ3n) is 4.41. The van der Waals surface area contributed by atoms with Gasteiger partial charge in [-0.05, 0) is 60.7 Å². The summed E-state index contributed by atoms with van der Waals surface area (Å²) >= 11 is 1.39. The Morgan fingerprint density at radius 3 is 2.73 bits per heavy atom. The molecule has 5 nitrogen and oxygen atoms in total. The number of hydrogen-bond acceptors (Lipinski definition) is 5. The molecule has 138 valence electrons. The first-order valence-electron chi connectivity index (χ1n) is 8.75. The fourth-order valence-corrected chi connectivity index (χ4v) is 3.95. The van der Waals surface area contributed by atoms with Crippen LogP contribution < -0.4 is 10.1 Å². The van der Waals surface area contributed by atoms with Gasteiger partial charge in [-0.25, -0.2) is 4.79 Å². The smallest absolute Gasteiger partial charge is 0.341 e. The van der Waals surface area contributed by atoms with E-state index in [1.165, 1.54) is 11.3 Å². The van der Waals surface area contributed by atoms with Gasteiger partial charge in [0.1, 0.15) is 10.8 Å². The van der Waals surface area contributed by atoms with Crippen molar-refractivity contribution in [3.8, 4) is 5.75 Å². The van der Waals surface area contributed by atoms with Crippen LogP contribution in [0, 0.1) is 6.92 Å². The van der Waals surface area contributed by atoms with E-state index >= 15 is 0 Å². The zero-order valence-electron chi connectivity index (χ0n) is 15.3. The highest BCUT2D eigenvalue weighted by molar-refractivity contribution is 7.15. The Morgan fingerprint density at radius 1 is 1.31 bits per heavy atom. The molecule has 0 unspecified atom stereocenters. The molecule has 3 rings (SSSR count). The molecule has 26 heavy (non-hydrogen) atoms. The SMILES string of the molecule is CCOC(=O)c1c(C2CC2)csc1NC(=O)Cc1ccc(C)c(OC)c1. The van der Waals surface area contributed by atoms with Gasteiger partial charge in [-0.15, -0.1) is 11.3 Å². The van der Waals surface area contributed by atoms with Gasteiger partial charge in [-0.3, -0.25) is 4.79 Å². The molecular weight excluding hydrogens is 350 g/mol. The van der Waals surface area contributed by atoms with Crippen LogP contribution in [0.5, 0.6) is 5.75 Å². The summed E-state index contributed by atoms with van der Waals surface area (Å²) in [7, 11) is 1.61. The lowest BCUT2D eigenvalue weighted by Gasteiger charge is -2.10. The first-order valence-corrected chi connectivity index (χ1v) is 9.63. The van der Waals surface area contributed by atoms with Gasteiger partial charge < -0.3 is 14.8 Å². The zero-order chi connectivity index (χ0) is 18.7. The zero-order valence-corrected chi connectivity index (χ0v) is 16.1. The highest BCUT2D eigenvalue weighted by Crippen LogP contribution is 2.46. The van der Waals surface area contributed by atoms with Gasteiger partial charge in [0, 0.05) is 0 Å². The van der Waals surface area contributed by atoms with Gasteiger partial charge in [0.25, 0.3) is 0 Å². The number of anilines is 1. The highest BCUT2D eigenvalue weighted by Gasteiger charge is 2.32. The minimum absolute atomic E-state index is 0.161. The average molecular weight is 373 g/mol. The lowest BCUT2D eigenvalue weighted by molar-refractivity contribution is -0.115. The number of methoxy groups -OCH3 is 1. The maximum absolute atomic E-state index is 12.5. The van der Waals surface area contributed by atoms with Crippen molar-refractivity contribution in [3.63, 3.8) is 0 Å². The minimum atomic E-state index is -0.358. The predicted molar refractivity (Wildman–Crippen MR) is 102 cm³/mol. The van der Waals surface area contributed by atoms with Crippen LogP contribution in [-0.2, 0) is 16.0 Å². The number of ether oxygens (including phenoxy) is 2. The van der Waals surface area contributed by atoms with Crippen molar-refractivity contribution in [2.45, 2.75) is 39.0 Å². The highest BCUT2D eigenvalue weighted by atomic mass is 32.1. The van der Waals surface area contributed by atoms with Crippen LogP contribution in [0.15, 0.2) is 23.6 Å². The Hall–Kier alpha value is -2.34. The number of carbonyl (C=O) groups excluding carboxylic acids is 2. The number of amides is 1. The van der Waals surface area contributed by atoms with E-state index in [9.17, 15) is 9.59 Å². The number of nitrogens with one attached hydrogen (secondary N) is 1. The van der Waals surface area contributed by atoms with E-state index in [0.29, 0.717) is 23.1 Å². The van der Waals surface area contributed by atoms with Gasteiger partial charge in [-0.2, -0.15) is 0 Å². The van der Waals surface area contributed by atoms with Crippen molar-refractivity contribution in [2.24, 2.45) is 0 Å². The first-order chi connectivity index (χ1) is 12.5. The summed E-state index contributed by atoms with van der Waals surface area (Å²) in [6.45, 7) is 4.05. The lowest BCUT2D eigenvalue weighted by Crippen LogP contribution is -2.17. The summed E-state index contributed by atoms with van der Waals surface area (Å²) in [5.74, 6) is 0.654. The molecule has 1 aromatic heterocycles. The number of carbonyl (C=O) groups is 2. The molecule has 0 atom stereocenters. The van der Waals surface area contributed by atoms with Crippen LogP contribution in [0.1, 0.15) is 52.7 Å². The van der Waals surface area contributed by atoms with Crippen molar-refractivity contribution in [3.05, 3.63) is 45.8 Å². The molecule has 0 aliphatic heterocycles. The molecule has 0 spiro atoms. The Bertz CT molecular complexity index is 823. The van der Waals surface area contributed by atoms with Gasteiger partial charge >= 0.3 is 5.97 Å². The van der Waals surface area contributed by atoms with E-state index < -0.39 is 0 Å². The van der Waals surface area contributed by atoms with E-state index in [2.05, 4.69) is 5.32 Å². The van der Waals surface area contributed by atoms with Crippen LogP contribution in [0.25, 0.3) is 0 Å². The average Bonchev–Trinajstić information content (AvgIpc) is 3.37. The van der Waals surface area contributed by atoms with Crippen LogP contribution >= 0.6 is 11.3 Å². The predicted octanol–water partition coefficient (Wildman–Crippen LogP) is 4.30. The third-order valence-corrected chi connectivity index (χ3v) is 5.32. The van der Waals surface area contributed by atoms with Crippen molar-refractivity contribution in [2.75, 3.05) is 19.0 Å². The molecule has 6 heteroatoms. The van der Waals surface area contributed by atoms with Gasteiger partial charge in [0.15, 0.2) is 0 Å². The maximum atomic E-state index is 12.5. The molecule has 1 aliphatic carbocycles. The number of aryl methyl sites for hydroxylation is 1. The van der Waals surface area contributed by atoms with E-state index in [4.69, 9.17) is 9.47 Å². The largest absolute Gasteiger partial charge is 0.496 e. The number of thiophene rings is 1. The molecule has 1 N–H and O–H groups in total. The monoisotopic (exact) mass is 373 g/mol. The summed E-state index contributed by atoms with van der Waals surface area (Å²) in [5.41, 5.74) is 3.41. The standard InChI is InChI=1S/C20H23NO4S/c1-4-25-20(23)18-15(14-7-8-14)11-26-19(18)21-17(22)10-13-6-5-12(2)16(9-13)24-3/h5-6,9,11,14H,4,7-8,10H2,1-3H3,(H,21,22). The Kier molecular flexibility index (Phi) is 5.61. The number of rotatable bonds is 7. The van der Waals surface area contributed by atoms with Crippen LogP contribution in [0.4, 0.5) is 5.00 Å². The van der Waals surface area contributed by atoms with E-state index in [1.54, 1.807) is 14.0 Å². The maximum Gasteiger partial charge on any atom is 0.341 e. The normalized spacial score (nSPS) is 13.3. The molecule has 2 aromatic rings. The second-order valence-electron chi connectivity index (χ2n) is 6.42. The van der Waals surface area contributed by atoms with Crippen LogP contribution in [0.3, 0.4) is 0 Å². The summed E-state index contributed by atoms with van der Waals surface area (Å²) < 4.78 is 10.5. The Labute approximate surface area is 157 Å². The molecule has 0 bridgehead atoms. The van der Waals surface area contributed by atoms with E-state index in [1.807, 2.05) is 30.5 Å². The summed E-state index contributed by atoms with van der Waals surface area (Å²) in [5, 5.41) is 5.44. The second-order valence-corrected chi connectivity index (χ2v) is 7.30. The number of benzene rings is 1.